The van der Waals surface area contributed by atoms with Gasteiger partial charge in [0.25, 0.3) is 0 Å². The van der Waals surface area contributed by atoms with Gasteiger partial charge in [-0.25, -0.2) is 4.79 Å². The van der Waals surface area contributed by atoms with Crippen LogP contribution in [0.5, 0.6) is 11.5 Å². The number of hydrogen-bond donors (Lipinski definition) is 5. The molecule has 5 unspecified atom stereocenters. The van der Waals surface area contributed by atoms with Gasteiger partial charge in [0.05, 0.1) is 12.7 Å². The van der Waals surface area contributed by atoms with Gasteiger partial charge in [-0.3, -0.25) is 0 Å². The van der Waals surface area contributed by atoms with Gasteiger partial charge in [0.15, 0.2) is 11.5 Å². The Bertz CT molecular complexity index is 612. The largest absolute Gasteiger partial charge is 0.504 e. The van der Waals surface area contributed by atoms with E-state index >= 15 is 0 Å². The summed E-state index contributed by atoms with van der Waals surface area (Å²) in [6.07, 6.45) is -2.05. The summed E-state index contributed by atoms with van der Waals surface area (Å²) >= 11 is 0. The maximum absolute atomic E-state index is 10.5. The van der Waals surface area contributed by atoms with Crippen molar-refractivity contribution in [3.63, 3.8) is 0 Å². The highest BCUT2D eigenvalue weighted by Gasteiger charge is 2.43. The highest BCUT2D eigenvalue weighted by atomic mass is 16.7. The summed E-state index contributed by atoms with van der Waals surface area (Å²) < 4.78 is 10.8. The highest BCUT2D eigenvalue weighted by molar-refractivity contribution is 5.85. The molecular weight excluding hydrogens is 320 g/mol. The van der Waals surface area contributed by atoms with E-state index in [1.54, 1.807) is 6.92 Å². The summed E-state index contributed by atoms with van der Waals surface area (Å²) in [5.74, 6) is -1.96. The fraction of sp³-hybridized carbons (Fsp3) is 0.438. The smallest absolute Gasteiger partial charge is 0.328 e. The molecule has 0 bridgehead atoms. The molecule has 0 aliphatic carbocycles. The molecule has 8 heteroatoms. The molecule has 132 valence electrons. The Labute approximate surface area is 138 Å². The summed E-state index contributed by atoms with van der Waals surface area (Å²) in [5.41, 5.74) is 0.449. The highest BCUT2D eigenvalue weighted by Crippen LogP contribution is 2.32. The van der Waals surface area contributed by atoms with Crippen LogP contribution in [0.3, 0.4) is 0 Å². The summed E-state index contributed by atoms with van der Waals surface area (Å²) in [6.45, 7) is 1.15. The van der Waals surface area contributed by atoms with Gasteiger partial charge in [-0.2, -0.15) is 0 Å². The molecule has 1 heterocycles. The van der Waals surface area contributed by atoms with Crippen LogP contribution in [0.25, 0.3) is 6.08 Å². The van der Waals surface area contributed by atoms with Crippen molar-refractivity contribution in [2.45, 2.75) is 31.5 Å². The lowest BCUT2D eigenvalue weighted by Crippen LogP contribution is -2.56. The first kappa shape index (κ1) is 18.2. The van der Waals surface area contributed by atoms with Crippen LogP contribution in [0.2, 0.25) is 0 Å². The predicted octanol–water partition coefficient (Wildman–Crippen LogP) is -0.0561. The number of aromatic hydroxyl groups is 1. The second-order valence-corrected chi connectivity index (χ2v) is 5.58. The third kappa shape index (κ3) is 4.04. The minimum Gasteiger partial charge on any atom is -0.504 e. The molecule has 1 saturated heterocycles. The molecule has 2 rings (SSSR count). The molecule has 5 N–H and O–H groups in total. The number of phenols is 1. The van der Waals surface area contributed by atoms with Gasteiger partial charge >= 0.3 is 5.97 Å². The monoisotopic (exact) mass is 340 g/mol. The summed E-state index contributed by atoms with van der Waals surface area (Å²) in [5, 5.41) is 47.8. The van der Waals surface area contributed by atoms with Crippen LogP contribution >= 0.6 is 0 Å². The molecule has 24 heavy (non-hydrogen) atoms. The first-order valence-corrected chi connectivity index (χ1v) is 7.36. The Morgan fingerprint density at radius 3 is 2.62 bits per heavy atom. The van der Waals surface area contributed by atoms with Gasteiger partial charge in [-0.15, -0.1) is 0 Å². The number of aliphatic hydroxyl groups excluding tert-OH is 3. The number of carboxylic acids is 1. The van der Waals surface area contributed by atoms with E-state index in [1.807, 2.05) is 0 Å². The average Bonchev–Trinajstić information content (AvgIpc) is 2.55. The maximum atomic E-state index is 10.5. The van der Waals surface area contributed by atoms with Crippen molar-refractivity contribution in [1.29, 1.82) is 0 Å². The van der Waals surface area contributed by atoms with Crippen LogP contribution in [-0.2, 0) is 9.53 Å². The van der Waals surface area contributed by atoms with E-state index in [1.165, 1.54) is 24.3 Å². The van der Waals surface area contributed by atoms with Crippen LogP contribution in [0.15, 0.2) is 24.3 Å². The second kappa shape index (κ2) is 7.63. The summed E-state index contributed by atoms with van der Waals surface area (Å²) in [6, 6.07) is 4.22. The first-order chi connectivity index (χ1) is 11.3. The lowest BCUT2D eigenvalue weighted by atomic mass is 9.91. The van der Waals surface area contributed by atoms with Crippen LogP contribution in [0.4, 0.5) is 0 Å². The van der Waals surface area contributed by atoms with Crippen LogP contribution in [-0.4, -0.2) is 62.7 Å². The van der Waals surface area contributed by atoms with Crippen molar-refractivity contribution in [2.24, 2.45) is 5.92 Å². The molecule has 1 aliphatic rings. The molecule has 5 atom stereocenters. The zero-order valence-corrected chi connectivity index (χ0v) is 12.9. The maximum Gasteiger partial charge on any atom is 0.328 e. The molecule has 0 spiro atoms. The van der Waals surface area contributed by atoms with Gasteiger partial charge in [0, 0.05) is 12.0 Å². The van der Waals surface area contributed by atoms with Crippen molar-refractivity contribution >= 4 is 12.0 Å². The Kier molecular flexibility index (Phi) is 5.79. The zero-order chi connectivity index (χ0) is 17.9. The predicted molar refractivity (Wildman–Crippen MR) is 82.3 cm³/mol. The Morgan fingerprint density at radius 2 is 2.04 bits per heavy atom. The number of aliphatic carboxylic acids is 1. The molecule has 1 aromatic carbocycles. The normalized spacial score (nSPS) is 30.4. The van der Waals surface area contributed by atoms with Crippen molar-refractivity contribution in [3.05, 3.63) is 29.8 Å². The molecule has 0 amide bonds. The first-order valence-electron chi connectivity index (χ1n) is 7.36. The number of rotatable bonds is 5. The lowest BCUT2D eigenvalue weighted by molar-refractivity contribution is -0.261. The minimum atomic E-state index is -1.17. The van der Waals surface area contributed by atoms with E-state index < -0.39 is 43.1 Å². The fourth-order valence-electron chi connectivity index (χ4n) is 2.40. The van der Waals surface area contributed by atoms with Gasteiger partial charge < -0.3 is 35.0 Å². The van der Waals surface area contributed by atoms with E-state index in [2.05, 4.69) is 0 Å². The molecule has 1 aromatic rings. The number of ether oxygens (including phenoxy) is 2. The molecule has 0 radical (unpaired) electrons. The van der Waals surface area contributed by atoms with Crippen LogP contribution in [0.1, 0.15) is 12.5 Å². The van der Waals surface area contributed by atoms with Crippen molar-refractivity contribution in [3.8, 4) is 11.5 Å². The summed E-state index contributed by atoms with van der Waals surface area (Å²) in [4.78, 5) is 10.5. The SMILES string of the molecule is CC1C(O)C(CO)OC(Oc2ccc(/C=C/C(=O)O)cc2O)C1O. The number of hydrogen-bond acceptors (Lipinski definition) is 7. The van der Waals surface area contributed by atoms with Crippen molar-refractivity contribution < 1.29 is 39.8 Å². The summed E-state index contributed by atoms with van der Waals surface area (Å²) in [7, 11) is 0. The lowest BCUT2D eigenvalue weighted by Gasteiger charge is -2.40. The fourth-order valence-corrected chi connectivity index (χ4v) is 2.40. The van der Waals surface area contributed by atoms with Crippen LogP contribution in [0, 0.1) is 5.92 Å². The average molecular weight is 340 g/mol. The Morgan fingerprint density at radius 1 is 1.33 bits per heavy atom. The number of carbonyl (C=O) groups is 1. The molecular formula is C16H20O8. The van der Waals surface area contributed by atoms with Crippen LogP contribution < -0.4 is 4.74 Å². The third-order valence-corrected chi connectivity index (χ3v) is 3.87. The topological polar surface area (TPSA) is 137 Å². The molecule has 0 saturated carbocycles. The van der Waals surface area contributed by atoms with Crippen molar-refractivity contribution in [1.82, 2.24) is 0 Å². The Hall–Kier alpha value is -2.13. The molecule has 0 aromatic heterocycles. The van der Waals surface area contributed by atoms with E-state index in [9.17, 15) is 25.2 Å². The Balaban J connectivity index is 2.13. The van der Waals surface area contributed by atoms with Gasteiger partial charge in [0.1, 0.15) is 12.2 Å². The van der Waals surface area contributed by atoms with Gasteiger partial charge in [-0.05, 0) is 23.8 Å². The van der Waals surface area contributed by atoms with Gasteiger partial charge in [0.2, 0.25) is 6.29 Å². The molecule has 1 fully saturated rings. The number of phenolic OH excluding ortho intramolecular Hbond substituents is 1. The second-order valence-electron chi connectivity index (χ2n) is 5.58. The number of aliphatic hydroxyl groups is 3. The quantitative estimate of drug-likeness (QED) is 0.470. The molecule has 8 nitrogen and oxygen atoms in total. The van der Waals surface area contributed by atoms with E-state index in [4.69, 9.17) is 14.6 Å². The number of benzene rings is 1. The van der Waals surface area contributed by atoms with E-state index in [0.717, 1.165) is 6.08 Å². The third-order valence-electron chi connectivity index (χ3n) is 3.87. The van der Waals surface area contributed by atoms with E-state index in [-0.39, 0.29) is 11.5 Å². The molecule has 1 aliphatic heterocycles. The minimum absolute atomic E-state index is 0.0202. The van der Waals surface area contributed by atoms with Gasteiger partial charge in [-0.1, -0.05) is 13.0 Å². The van der Waals surface area contributed by atoms with Crippen molar-refractivity contribution in [2.75, 3.05) is 6.61 Å². The zero-order valence-electron chi connectivity index (χ0n) is 12.9. The number of carboxylic acid groups (broad SMARTS) is 1. The van der Waals surface area contributed by atoms with E-state index in [0.29, 0.717) is 5.56 Å². The standard InChI is InChI=1S/C16H20O8/c1-8-14(21)12(7-17)24-16(15(8)22)23-11-4-2-9(6-10(11)18)3-5-13(19)20/h2-6,8,12,14-18,21-22H,7H2,1H3,(H,19,20)/b5-3+.